The number of nitrogen functional groups attached to an aromatic ring is 1. The third-order valence-electron chi connectivity index (χ3n) is 2.45. The van der Waals surface area contributed by atoms with E-state index in [4.69, 9.17) is 15.7 Å². The largest absolute Gasteiger partial charge is 0.472 e. The predicted molar refractivity (Wildman–Crippen MR) is 54.0 cm³/mol. The highest BCUT2D eigenvalue weighted by Gasteiger charge is 2.19. The molecule has 5 nitrogen and oxygen atoms in total. The van der Waals surface area contributed by atoms with Crippen LogP contribution in [-0.2, 0) is 0 Å². The van der Waals surface area contributed by atoms with E-state index in [9.17, 15) is 0 Å². The summed E-state index contributed by atoms with van der Waals surface area (Å²) in [7, 11) is 0. The van der Waals surface area contributed by atoms with Crippen LogP contribution in [0.1, 0.15) is 31.4 Å². The van der Waals surface area contributed by atoms with Crippen molar-refractivity contribution in [3.05, 3.63) is 11.9 Å². The Labute approximate surface area is 87.9 Å². The number of hydrogen-bond acceptors (Lipinski definition) is 5. The third kappa shape index (κ3) is 2.15. The average Bonchev–Trinajstić information content (AvgIpc) is 2.71. The number of rotatable bonds is 2. The summed E-state index contributed by atoms with van der Waals surface area (Å²) in [4.78, 5) is 7.84. The minimum Gasteiger partial charge on any atom is -0.472 e. The van der Waals surface area contributed by atoms with E-state index in [1.54, 1.807) is 0 Å². The highest BCUT2D eigenvalue weighted by atomic mass is 16.5. The third-order valence-corrected chi connectivity index (χ3v) is 2.45. The molecule has 15 heavy (non-hydrogen) atoms. The van der Waals surface area contributed by atoms with E-state index in [1.165, 1.54) is 19.0 Å². The average molecular weight is 204 g/mol. The molecule has 0 bridgehead atoms. The van der Waals surface area contributed by atoms with Crippen LogP contribution in [0.2, 0.25) is 0 Å². The summed E-state index contributed by atoms with van der Waals surface area (Å²) in [5, 5.41) is 8.81. The monoisotopic (exact) mass is 204 g/mol. The van der Waals surface area contributed by atoms with Gasteiger partial charge in [-0.15, -0.1) is 0 Å². The van der Waals surface area contributed by atoms with Crippen molar-refractivity contribution < 1.29 is 4.74 Å². The fraction of sp³-hybridized carbons (Fsp3) is 0.500. The van der Waals surface area contributed by atoms with Crippen LogP contribution in [0.4, 0.5) is 5.82 Å². The van der Waals surface area contributed by atoms with Gasteiger partial charge in [0.25, 0.3) is 5.88 Å². The van der Waals surface area contributed by atoms with E-state index in [0.29, 0.717) is 0 Å². The molecule has 78 valence electrons. The van der Waals surface area contributed by atoms with Gasteiger partial charge in [0.2, 0.25) is 5.69 Å². The minimum atomic E-state index is 0.160. The van der Waals surface area contributed by atoms with Gasteiger partial charge in [-0.3, -0.25) is 0 Å². The maximum Gasteiger partial charge on any atom is 0.253 e. The summed E-state index contributed by atoms with van der Waals surface area (Å²) in [6.07, 6.45) is 5.89. The first-order chi connectivity index (χ1) is 7.29. The van der Waals surface area contributed by atoms with Gasteiger partial charge in [-0.05, 0) is 25.7 Å². The number of hydrogen-bond donors (Lipinski definition) is 1. The molecule has 1 aliphatic carbocycles. The molecule has 1 saturated carbocycles. The molecule has 1 aliphatic rings. The van der Waals surface area contributed by atoms with Crippen molar-refractivity contribution in [3.8, 4) is 11.9 Å². The molecule has 0 aromatic carbocycles. The van der Waals surface area contributed by atoms with Gasteiger partial charge in [0.15, 0.2) is 0 Å². The first-order valence-corrected chi connectivity index (χ1v) is 4.99. The fourth-order valence-corrected chi connectivity index (χ4v) is 1.71. The van der Waals surface area contributed by atoms with Gasteiger partial charge in [-0.2, -0.15) is 10.2 Å². The second-order valence-electron chi connectivity index (χ2n) is 3.58. The Kier molecular flexibility index (Phi) is 2.68. The van der Waals surface area contributed by atoms with E-state index >= 15 is 0 Å². The normalized spacial score (nSPS) is 16.2. The molecule has 5 heteroatoms. The van der Waals surface area contributed by atoms with Crippen LogP contribution >= 0.6 is 0 Å². The van der Waals surface area contributed by atoms with Crippen LogP contribution in [-0.4, -0.2) is 16.1 Å². The topological polar surface area (TPSA) is 84.8 Å². The van der Waals surface area contributed by atoms with Crippen molar-refractivity contribution in [2.24, 2.45) is 0 Å². The van der Waals surface area contributed by atoms with Gasteiger partial charge in [0.1, 0.15) is 18.0 Å². The summed E-state index contributed by atoms with van der Waals surface area (Å²) in [6.45, 7) is 0. The lowest BCUT2D eigenvalue weighted by atomic mass is 10.3. The van der Waals surface area contributed by atoms with Gasteiger partial charge in [0.05, 0.1) is 6.20 Å². The van der Waals surface area contributed by atoms with E-state index in [0.717, 1.165) is 12.8 Å². The summed E-state index contributed by atoms with van der Waals surface area (Å²) in [5.41, 5.74) is 5.70. The number of aromatic nitrogens is 2. The molecule has 0 saturated heterocycles. The Morgan fingerprint density at radius 3 is 2.87 bits per heavy atom. The van der Waals surface area contributed by atoms with Crippen molar-refractivity contribution in [3.63, 3.8) is 0 Å². The van der Waals surface area contributed by atoms with E-state index < -0.39 is 0 Å². The number of ether oxygens (including phenoxy) is 1. The molecule has 1 heterocycles. The molecule has 0 spiro atoms. The molecular weight excluding hydrogens is 192 g/mol. The quantitative estimate of drug-likeness (QED) is 0.783. The van der Waals surface area contributed by atoms with Crippen LogP contribution in [0.5, 0.6) is 5.88 Å². The maximum absolute atomic E-state index is 8.81. The molecule has 1 aromatic heterocycles. The molecule has 0 aliphatic heterocycles. The lowest BCUT2D eigenvalue weighted by Gasteiger charge is -2.12. The second kappa shape index (κ2) is 4.13. The van der Waals surface area contributed by atoms with E-state index in [2.05, 4.69) is 9.97 Å². The van der Waals surface area contributed by atoms with Crippen molar-refractivity contribution in [1.82, 2.24) is 9.97 Å². The highest BCUT2D eigenvalue weighted by Crippen LogP contribution is 2.24. The zero-order valence-corrected chi connectivity index (χ0v) is 8.31. The summed E-state index contributed by atoms with van der Waals surface area (Å²) in [5.74, 6) is 0.548. The summed E-state index contributed by atoms with van der Waals surface area (Å²) >= 11 is 0. The van der Waals surface area contributed by atoms with Crippen molar-refractivity contribution in [1.29, 1.82) is 5.26 Å². The molecule has 2 N–H and O–H groups in total. The molecule has 0 amide bonds. The molecule has 0 atom stereocenters. The lowest BCUT2D eigenvalue weighted by molar-refractivity contribution is 0.200. The Morgan fingerprint density at radius 2 is 2.20 bits per heavy atom. The highest BCUT2D eigenvalue weighted by molar-refractivity contribution is 5.37. The molecule has 0 radical (unpaired) electrons. The SMILES string of the molecule is N#Cc1ncc(N)nc1OC1CCCC1. The number of nitrogens with zero attached hydrogens (tertiary/aromatic N) is 3. The number of nitrogens with two attached hydrogens (primary N) is 1. The van der Waals surface area contributed by atoms with Gasteiger partial charge in [0, 0.05) is 0 Å². The number of anilines is 1. The first kappa shape index (κ1) is 9.71. The van der Waals surface area contributed by atoms with Crippen LogP contribution in [0, 0.1) is 11.3 Å². The van der Waals surface area contributed by atoms with Gasteiger partial charge in [-0.1, -0.05) is 0 Å². The maximum atomic E-state index is 8.81. The lowest BCUT2D eigenvalue weighted by Crippen LogP contribution is -2.14. The molecular formula is C10H12N4O. The van der Waals surface area contributed by atoms with Crippen LogP contribution in [0.25, 0.3) is 0 Å². The predicted octanol–water partition coefficient (Wildman–Crippen LogP) is 1.25. The number of nitriles is 1. The summed E-state index contributed by atoms with van der Waals surface area (Å²) < 4.78 is 5.60. The Bertz CT molecular complexity index is 393. The van der Waals surface area contributed by atoms with Crippen LogP contribution in [0.3, 0.4) is 0 Å². The Morgan fingerprint density at radius 1 is 1.47 bits per heavy atom. The Hall–Kier alpha value is -1.83. The van der Waals surface area contributed by atoms with Crippen LogP contribution in [0.15, 0.2) is 6.20 Å². The smallest absolute Gasteiger partial charge is 0.253 e. The fourth-order valence-electron chi connectivity index (χ4n) is 1.71. The molecule has 0 unspecified atom stereocenters. The standard InChI is InChI=1S/C10H12N4O/c11-5-8-10(14-9(12)6-13-8)15-7-3-1-2-4-7/h6-7H,1-4H2,(H2,12,14). The van der Waals surface area contributed by atoms with Gasteiger partial charge >= 0.3 is 0 Å². The zero-order valence-electron chi connectivity index (χ0n) is 8.31. The minimum absolute atomic E-state index is 0.160. The first-order valence-electron chi connectivity index (χ1n) is 4.99. The van der Waals surface area contributed by atoms with Gasteiger partial charge in [-0.25, -0.2) is 4.98 Å². The van der Waals surface area contributed by atoms with Gasteiger partial charge < -0.3 is 10.5 Å². The molecule has 1 aromatic rings. The van der Waals surface area contributed by atoms with Crippen molar-refractivity contribution in [2.75, 3.05) is 5.73 Å². The molecule has 2 rings (SSSR count). The van der Waals surface area contributed by atoms with E-state index in [1.807, 2.05) is 6.07 Å². The van der Waals surface area contributed by atoms with Crippen molar-refractivity contribution >= 4 is 5.82 Å². The molecule has 1 fully saturated rings. The summed E-state index contributed by atoms with van der Waals surface area (Å²) in [6, 6.07) is 1.94. The zero-order chi connectivity index (χ0) is 10.7. The Balaban J connectivity index is 2.18. The van der Waals surface area contributed by atoms with E-state index in [-0.39, 0.29) is 23.5 Å². The van der Waals surface area contributed by atoms with Crippen LogP contribution < -0.4 is 10.5 Å². The second-order valence-corrected chi connectivity index (χ2v) is 3.58. The van der Waals surface area contributed by atoms with Crippen molar-refractivity contribution in [2.45, 2.75) is 31.8 Å².